The molecule has 22 nitrogen and oxygen atoms in total. The number of pyridine rings is 6. The average molecular weight is 1430 g/mol. The fraction of sp³-hybridized carbons (Fsp3) is 0.127. The SMILES string of the molecule is C.Cc1cnc2c(C#N)cc(Cc3cc(C(=O)NCc4[nH]nc5ccc(Cl)cc45)ccn3)cc2c1.Cc1cnc2c(C#N)cc(Cc3cc(C(=O)NCc4[nH]nc5ccc(Cl)cc45)ccn3)cc2c1.Cc1cnc2c(C#N)cc(Cc3cc(C(=O)O)ccn3)cc2c1.NCc1[nH]nc2ccc(Cl)cc12. The molecule has 9 aromatic heterocycles. The van der Waals surface area contributed by atoms with E-state index in [1.807, 2.05) is 112 Å². The summed E-state index contributed by atoms with van der Waals surface area (Å²) in [5.41, 5.74) is 23.2. The van der Waals surface area contributed by atoms with E-state index < -0.39 is 5.97 Å². The third-order valence-electron chi connectivity index (χ3n) is 16.5. The standard InChI is InChI=1S/2C26H19ClN6O.C18H13N3O2.C8H8ClN3.CH4/c2*1-15-6-18-7-16(8-19(12-28)25(18)30-13-15)9-21-10-17(4-5-29-21)26(34)31-14-24-22-11-20(27)2-3-23(22)32-33-24;1-11-4-14-5-12(6-15(9-19)17(14)21-10-11)7-16-8-13(18(22)23)2-3-20-16;9-5-1-2-7-6(3-5)8(4-10)12-11-7;/h2*2-8,10-11,13H,9,14H2,1H3,(H,31,34)(H,32,33);2-6,8,10H,7H2,1H3,(H,22,23);1-3H,4,10H2,(H,11,12);1H4. The van der Waals surface area contributed by atoms with Crippen LogP contribution in [0.1, 0.15) is 123 Å². The highest BCUT2D eigenvalue weighted by atomic mass is 35.5. The van der Waals surface area contributed by atoms with Crippen LogP contribution in [0.15, 0.2) is 183 Å². The predicted molar refractivity (Wildman–Crippen MR) is 402 cm³/mol. The number of benzene rings is 6. The molecule has 0 unspecified atom stereocenters. The van der Waals surface area contributed by atoms with Gasteiger partial charge in [-0.15, -0.1) is 0 Å². The molecule has 9 heterocycles. The normalized spacial score (nSPS) is 10.7. The average Bonchev–Trinajstić information content (AvgIpc) is 1.14. The number of nitrogens with one attached hydrogen (secondary N) is 5. The van der Waals surface area contributed by atoms with Gasteiger partial charge in [-0.2, -0.15) is 31.1 Å². The highest BCUT2D eigenvalue weighted by molar-refractivity contribution is 6.32. The molecule has 0 spiro atoms. The number of nitrogens with zero attached hydrogens (tertiary/aromatic N) is 12. The summed E-state index contributed by atoms with van der Waals surface area (Å²) in [6.45, 7) is 6.91. The number of carboxylic acid groups (broad SMARTS) is 1. The monoisotopic (exact) mass is 1430 g/mol. The van der Waals surface area contributed by atoms with Crippen LogP contribution in [0.4, 0.5) is 0 Å². The summed E-state index contributed by atoms with van der Waals surface area (Å²) >= 11 is 18.0. The van der Waals surface area contributed by atoms with Gasteiger partial charge >= 0.3 is 5.97 Å². The van der Waals surface area contributed by atoms with E-state index in [0.717, 1.165) is 111 Å². The summed E-state index contributed by atoms with van der Waals surface area (Å²) in [4.78, 5) is 62.8. The zero-order valence-electron chi connectivity index (χ0n) is 55.3. The van der Waals surface area contributed by atoms with Crippen molar-refractivity contribution >= 4 is 118 Å². The van der Waals surface area contributed by atoms with Crippen molar-refractivity contribution in [1.29, 1.82) is 15.8 Å². The molecule has 25 heteroatoms. The van der Waals surface area contributed by atoms with Crippen LogP contribution in [0.5, 0.6) is 0 Å². The number of nitrogens with two attached hydrogens (primary N) is 1. The first-order valence-corrected chi connectivity index (χ1v) is 33.1. The lowest BCUT2D eigenvalue weighted by atomic mass is 10.0. The number of carbonyl (C=O) groups is 3. The number of hydrogen-bond donors (Lipinski definition) is 7. The van der Waals surface area contributed by atoms with E-state index in [9.17, 15) is 30.2 Å². The summed E-state index contributed by atoms with van der Waals surface area (Å²) in [5.74, 6) is -1.42. The van der Waals surface area contributed by atoms with Crippen molar-refractivity contribution in [3.63, 3.8) is 0 Å². The Kier molecular flexibility index (Phi) is 22.7. The van der Waals surface area contributed by atoms with Gasteiger partial charge in [0.15, 0.2) is 0 Å². The van der Waals surface area contributed by atoms with Crippen molar-refractivity contribution in [3.05, 3.63) is 299 Å². The molecule has 0 radical (unpaired) electrons. The summed E-state index contributed by atoms with van der Waals surface area (Å²) < 4.78 is 0. The number of nitriles is 3. The van der Waals surface area contributed by atoms with E-state index in [1.54, 1.807) is 79.5 Å². The number of H-pyrrole nitrogens is 3. The highest BCUT2D eigenvalue weighted by Crippen LogP contribution is 2.28. The Bertz CT molecular complexity index is 5690. The van der Waals surface area contributed by atoms with Gasteiger partial charge in [0, 0.05) is 139 Å². The first-order valence-electron chi connectivity index (χ1n) is 32.0. The molecule has 8 N–H and O–H groups in total. The molecule has 0 bridgehead atoms. The molecule has 2 amide bonds. The molecule has 0 saturated carbocycles. The number of halogens is 3. The largest absolute Gasteiger partial charge is 0.478 e. The molecule has 15 rings (SSSR count). The molecule has 0 aliphatic heterocycles. The number of aryl methyl sites for hydroxylation is 3. The minimum Gasteiger partial charge on any atom is -0.478 e. The van der Waals surface area contributed by atoms with Crippen LogP contribution in [0, 0.1) is 54.8 Å². The number of aromatic nitrogens is 12. The first-order chi connectivity index (χ1) is 49.9. The Labute approximate surface area is 610 Å². The number of aromatic carboxylic acids is 1. The van der Waals surface area contributed by atoms with E-state index in [4.69, 9.17) is 45.6 Å². The van der Waals surface area contributed by atoms with E-state index in [1.165, 1.54) is 12.3 Å². The van der Waals surface area contributed by atoms with Crippen molar-refractivity contribution in [3.8, 4) is 18.2 Å². The Morgan fingerprint density at radius 1 is 0.442 bits per heavy atom. The molecule has 0 atom stereocenters. The Balaban J connectivity index is 0.000000146. The van der Waals surface area contributed by atoms with Gasteiger partial charge in [-0.3, -0.25) is 54.8 Å². The smallest absolute Gasteiger partial charge is 0.335 e. The quantitative estimate of drug-likeness (QED) is 0.0532. The van der Waals surface area contributed by atoms with Crippen LogP contribution in [-0.2, 0) is 38.9 Å². The maximum absolute atomic E-state index is 12.8. The van der Waals surface area contributed by atoms with Crippen LogP contribution in [0.3, 0.4) is 0 Å². The maximum Gasteiger partial charge on any atom is 0.335 e. The fourth-order valence-electron chi connectivity index (χ4n) is 11.7. The maximum atomic E-state index is 12.8. The number of carbonyl (C=O) groups excluding carboxylic acids is 2. The molecule has 0 saturated heterocycles. The Morgan fingerprint density at radius 2 is 0.769 bits per heavy atom. The zero-order chi connectivity index (χ0) is 72.3. The minimum atomic E-state index is -0.982. The van der Waals surface area contributed by atoms with Crippen LogP contribution >= 0.6 is 34.8 Å². The number of carboxylic acids is 1. The van der Waals surface area contributed by atoms with Gasteiger partial charge in [0.2, 0.25) is 0 Å². The van der Waals surface area contributed by atoms with Crippen molar-refractivity contribution in [2.45, 2.75) is 67.1 Å². The lowest BCUT2D eigenvalue weighted by Gasteiger charge is -2.08. The number of amides is 2. The van der Waals surface area contributed by atoms with Crippen LogP contribution in [0.2, 0.25) is 15.1 Å². The van der Waals surface area contributed by atoms with E-state index >= 15 is 0 Å². The zero-order valence-corrected chi connectivity index (χ0v) is 57.6. The van der Waals surface area contributed by atoms with Gasteiger partial charge in [-0.25, -0.2) is 4.79 Å². The lowest BCUT2D eigenvalue weighted by Crippen LogP contribution is -2.23. The van der Waals surface area contributed by atoms with Crippen LogP contribution in [-0.4, -0.2) is 83.4 Å². The molecule has 0 fully saturated rings. The summed E-state index contributed by atoms with van der Waals surface area (Å²) in [6.07, 6.45) is 11.4. The van der Waals surface area contributed by atoms with Gasteiger partial charge in [0.1, 0.15) is 18.2 Å². The predicted octanol–water partition coefficient (Wildman–Crippen LogP) is 15.1. The first kappa shape index (κ1) is 72.4. The van der Waals surface area contributed by atoms with Gasteiger partial charge in [0.05, 0.1) is 85.5 Å². The molecular formula is C79H63Cl3N18O4. The summed E-state index contributed by atoms with van der Waals surface area (Å²) in [5, 5.41) is 72.0. The van der Waals surface area contributed by atoms with Crippen molar-refractivity contribution in [2.75, 3.05) is 0 Å². The Morgan fingerprint density at radius 3 is 1.11 bits per heavy atom. The molecular weight excluding hydrogens is 1370 g/mol. The highest BCUT2D eigenvalue weighted by Gasteiger charge is 2.17. The van der Waals surface area contributed by atoms with Crippen molar-refractivity contribution in [1.82, 2.24) is 71.1 Å². The summed E-state index contributed by atoms with van der Waals surface area (Å²) in [6, 6.07) is 50.3. The van der Waals surface area contributed by atoms with Gasteiger partial charge in [0.25, 0.3) is 11.8 Å². The molecule has 6 aromatic carbocycles. The summed E-state index contributed by atoms with van der Waals surface area (Å²) in [7, 11) is 0. The topological polar surface area (TPSA) is 356 Å². The second-order valence-corrected chi connectivity index (χ2v) is 25.4. The third kappa shape index (κ3) is 17.3. The molecule has 0 aliphatic rings. The van der Waals surface area contributed by atoms with Crippen molar-refractivity contribution < 1.29 is 19.5 Å². The van der Waals surface area contributed by atoms with E-state index in [2.05, 4.69) is 89.3 Å². The molecule has 104 heavy (non-hydrogen) atoms. The second kappa shape index (κ2) is 32.6. The van der Waals surface area contributed by atoms with E-state index in [0.29, 0.717) is 90.9 Å². The van der Waals surface area contributed by atoms with Gasteiger partial charge < -0.3 is 21.5 Å². The van der Waals surface area contributed by atoms with Crippen LogP contribution < -0.4 is 16.4 Å². The molecule has 0 aliphatic carbocycles. The lowest BCUT2D eigenvalue weighted by molar-refractivity contribution is 0.0696. The fourth-order valence-corrected chi connectivity index (χ4v) is 12.2. The van der Waals surface area contributed by atoms with Crippen LogP contribution in [0.25, 0.3) is 65.4 Å². The Hall–Kier alpha value is -12.9. The minimum absolute atomic E-state index is 0. The number of hydrogen-bond acceptors (Lipinski definition) is 16. The number of fused-ring (bicyclic) bond motifs is 6. The molecule has 15 aromatic rings. The van der Waals surface area contributed by atoms with Crippen molar-refractivity contribution in [2.24, 2.45) is 5.73 Å². The third-order valence-corrected chi connectivity index (χ3v) is 17.2. The second-order valence-electron chi connectivity index (χ2n) is 24.1. The van der Waals surface area contributed by atoms with Gasteiger partial charge in [-0.05, 0) is 200 Å². The molecule has 514 valence electrons. The number of rotatable bonds is 14. The van der Waals surface area contributed by atoms with E-state index in [-0.39, 0.29) is 37.9 Å². The number of aromatic amines is 3. The van der Waals surface area contributed by atoms with Gasteiger partial charge in [-0.1, -0.05) is 42.2 Å².